The number of hydrogen-bond acceptors (Lipinski definition) is 3. The zero-order chi connectivity index (χ0) is 24.8. The Hall–Kier alpha value is -2.85. The summed E-state index contributed by atoms with van der Waals surface area (Å²) >= 11 is 5.68. The second-order valence-corrected chi connectivity index (χ2v) is 7.57. The van der Waals surface area contributed by atoms with Gasteiger partial charge in [0.25, 0.3) is 0 Å². The number of amides is 2. The third-order valence-electron chi connectivity index (χ3n) is 4.80. The van der Waals surface area contributed by atoms with Gasteiger partial charge in [-0.05, 0) is 49.1 Å². The molecule has 0 aromatic heterocycles. The van der Waals surface area contributed by atoms with Gasteiger partial charge in [-0.1, -0.05) is 30.7 Å². The minimum absolute atomic E-state index is 0.0993. The van der Waals surface area contributed by atoms with Crippen molar-refractivity contribution in [3.05, 3.63) is 58.4 Å². The van der Waals surface area contributed by atoms with Gasteiger partial charge in [-0.2, -0.15) is 13.2 Å². The molecule has 2 rings (SSSR count). The number of halogens is 5. The Labute approximate surface area is 192 Å². The van der Waals surface area contributed by atoms with E-state index in [9.17, 15) is 27.2 Å². The van der Waals surface area contributed by atoms with Crippen LogP contribution >= 0.6 is 11.6 Å². The van der Waals surface area contributed by atoms with Crippen LogP contribution in [-0.2, 0) is 9.53 Å². The number of anilines is 2. The molecule has 0 fully saturated rings. The van der Waals surface area contributed by atoms with Crippen LogP contribution in [0.1, 0.15) is 49.8 Å². The molecule has 33 heavy (non-hydrogen) atoms. The topological polar surface area (TPSA) is 87.7 Å². The summed E-state index contributed by atoms with van der Waals surface area (Å²) in [5.41, 5.74) is -0.415. The van der Waals surface area contributed by atoms with Crippen molar-refractivity contribution in [2.24, 2.45) is 0 Å². The number of carboxylic acids is 1. The fraction of sp³-hybridized carbons (Fsp3) is 0.364. The van der Waals surface area contributed by atoms with Gasteiger partial charge in [-0.3, -0.25) is 4.79 Å². The summed E-state index contributed by atoms with van der Waals surface area (Å²) in [5, 5.41) is 13.8. The fourth-order valence-corrected chi connectivity index (χ4v) is 3.43. The third kappa shape index (κ3) is 7.33. The SMILES string of the molecule is CCO[C@@H](c1ccc([C@H](CC)CC(=O)O)cc1NC(=O)Nc1ccc(Cl)cc1F)C(F)(F)F. The quantitative estimate of drug-likeness (QED) is 0.340. The Morgan fingerprint density at radius 3 is 2.30 bits per heavy atom. The predicted octanol–water partition coefficient (Wildman–Crippen LogP) is 6.73. The summed E-state index contributed by atoms with van der Waals surface area (Å²) in [4.78, 5) is 23.7. The van der Waals surface area contributed by atoms with E-state index in [1.54, 1.807) is 6.92 Å². The number of carbonyl (C=O) groups is 2. The number of nitrogens with one attached hydrogen (secondary N) is 2. The van der Waals surface area contributed by atoms with Crippen LogP contribution in [0.5, 0.6) is 0 Å². The first-order valence-corrected chi connectivity index (χ1v) is 10.4. The highest BCUT2D eigenvalue weighted by Crippen LogP contribution is 2.40. The number of rotatable bonds is 9. The summed E-state index contributed by atoms with van der Waals surface area (Å²) in [6, 6.07) is 6.31. The number of urea groups is 1. The van der Waals surface area contributed by atoms with Gasteiger partial charge < -0.3 is 20.5 Å². The predicted molar refractivity (Wildman–Crippen MR) is 116 cm³/mol. The van der Waals surface area contributed by atoms with Crippen molar-refractivity contribution in [2.75, 3.05) is 17.2 Å². The summed E-state index contributed by atoms with van der Waals surface area (Å²) in [7, 11) is 0. The van der Waals surface area contributed by atoms with Crippen molar-refractivity contribution in [3.63, 3.8) is 0 Å². The van der Waals surface area contributed by atoms with Crippen LogP contribution in [0, 0.1) is 5.82 Å². The highest BCUT2D eigenvalue weighted by Gasteiger charge is 2.43. The average molecular weight is 491 g/mol. The number of ether oxygens (including phenoxy) is 1. The summed E-state index contributed by atoms with van der Waals surface area (Å²) < 4.78 is 59.8. The monoisotopic (exact) mass is 490 g/mol. The molecule has 2 aromatic carbocycles. The molecule has 0 radical (unpaired) electrons. The number of alkyl halides is 3. The maximum Gasteiger partial charge on any atom is 0.418 e. The van der Waals surface area contributed by atoms with Crippen molar-refractivity contribution in [3.8, 4) is 0 Å². The van der Waals surface area contributed by atoms with E-state index in [0.29, 0.717) is 12.0 Å². The van der Waals surface area contributed by atoms with Crippen molar-refractivity contribution in [2.45, 2.75) is 44.9 Å². The van der Waals surface area contributed by atoms with Gasteiger partial charge in [-0.25, -0.2) is 9.18 Å². The molecule has 3 N–H and O–H groups in total. The zero-order valence-corrected chi connectivity index (χ0v) is 18.6. The smallest absolute Gasteiger partial charge is 0.418 e. The molecule has 0 unspecified atom stereocenters. The van der Waals surface area contributed by atoms with Gasteiger partial charge in [0, 0.05) is 22.9 Å². The second kappa shape index (κ2) is 11.3. The molecule has 2 atom stereocenters. The van der Waals surface area contributed by atoms with Crippen molar-refractivity contribution in [1.29, 1.82) is 0 Å². The number of carbonyl (C=O) groups excluding carboxylic acids is 1. The highest BCUT2D eigenvalue weighted by atomic mass is 35.5. The molecule has 2 amide bonds. The van der Waals surface area contributed by atoms with Crippen LogP contribution in [0.4, 0.5) is 33.7 Å². The van der Waals surface area contributed by atoms with E-state index in [-0.39, 0.29) is 35.0 Å². The number of hydrogen-bond donors (Lipinski definition) is 3. The van der Waals surface area contributed by atoms with Gasteiger partial charge >= 0.3 is 18.2 Å². The van der Waals surface area contributed by atoms with Crippen molar-refractivity contribution in [1.82, 2.24) is 0 Å². The number of benzene rings is 2. The first-order valence-electron chi connectivity index (χ1n) is 10.0. The number of aliphatic carboxylic acids is 1. The number of carboxylic acid groups (broad SMARTS) is 1. The molecule has 0 spiro atoms. The molecule has 0 saturated heterocycles. The van der Waals surface area contributed by atoms with E-state index in [1.807, 2.05) is 0 Å². The molecule has 2 aromatic rings. The van der Waals surface area contributed by atoms with E-state index in [1.165, 1.54) is 31.2 Å². The Bertz CT molecular complexity index is 1000. The maximum atomic E-state index is 14.0. The van der Waals surface area contributed by atoms with Gasteiger partial charge in [-0.15, -0.1) is 0 Å². The van der Waals surface area contributed by atoms with E-state index in [4.69, 9.17) is 21.4 Å². The van der Waals surface area contributed by atoms with Crippen LogP contribution in [0.25, 0.3) is 0 Å². The average Bonchev–Trinajstić information content (AvgIpc) is 2.71. The fourth-order valence-electron chi connectivity index (χ4n) is 3.27. The van der Waals surface area contributed by atoms with E-state index >= 15 is 0 Å². The van der Waals surface area contributed by atoms with Crippen molar-refractivity contribution < 1.29 is 37.0 Å². The molecular weight excluding hydrogens is 468 g/mol. The Morgan fingerprint density at radius 1 is 1.09 bits per heavy atom. The van der Waals surface area contributed by atoms with Gasteiger partial charge in [0.15, 0.2) is 6.10 Å². The van der Waals surface area contributed by atoms with Gasteiger partial charge in [0.1, 0.15) is 5.82 Å². The highest BCUT2D eigenvalue weighted by molar-refractivity contribution is 6.30. The Balaban J connectivity index is 2.46. The molecule has 11 heteroatoms. The lowest BCUT2D eigenvalue weighted by atomic mass is 9.91. The molecule has 6 nitrogen and oxygen atoms in total. The van der Waals surface area contributed by atoms with E-state index in [0.717, 1.165) is 12.1 Å². The van der Waals surface area contributed by atoms with Crippen LogP contribution in [0.2, 0.25) is 5.02 Å². The van der Waals surface area contributed by atoms with Gasteiger partial charge in [0.2, 0.25) is 0 Å². The zero-order valence-electron chi connectivity index (χ0n) is 17.8. The summed E-state index contributed by atoms with van der Waals surface area (Å²) in [5.74, 6) is -2.40. The first-order chi connectivity index (χ1) is 15.5. The lowest BCUT2D eigenvalue weighted by Gasteiger charge is -2.25. The summed E-state index contributed by atoms with van der Waals surface area (Å²) in [6.45, 7) is 2.89. The van der Waals surface area contributed by atoms with Gasteiger partial charge in [0.05, 0.1) is 12.1 Å². The minimum atomic E-state index is -4.78. The Kier molecular flexibility index (Phi) is 9.07. The maximum absolute atomic E-state index is 14.0. The molecule has 0 aliphatic heterocycles. The van der Waals surface area contributed by atoms with E-state index < -0.39 is 36.0 Å². The Morgan fingerprint density at radius 2 is 1.76 bits per heavy atom. The molecule has 0 aliphatic rings. The van der Waals surface area contributed by atoms with Crippen molar-refractivity contribution >= 4 is 35.0 Å². The normalized spacial score (nSPS) is 13.3. The lowest BCUT2D eigenvalue weighted by molar-refractivity contribution is -0.222. The van der Waals surface area contributed by atoms with Crippen LogP contribution in [0.15, 0.2) is 36.4 Å². The first kappa shape index (κ1) is 26.4. The molecular formula is C22H23ClF4N2O4. The van der Waals surface area contributed by atoms with Crippen LogP contribution in [0.3, 0.4) is 0 Å². The standard InChI is InChI=1S/C22H23ClF4N2O4/c1-3-12(10-19(30)31)13-5-7-15(20(33-4-2)22(25,26)27)18(9-13)29-21(32)28-17-8-6-14(23)11-16(17)24/h5-9,11-12,20H,3-4,10H2,1-2H3,(H,30,31)(H2,28,29,32)/t12-,20+/m1/s1. The van der Waals surface area contributed by atoms with Crippen LogP contribution < -0.4 is 10.6 Å². The lowest BCUT2D eigenvalue weighted by Crippen LogP contribution is -2.27. The van der Waals surface area contributed by atoms with Crippen LogP contribution in [-0.4, -0.2) is 29.9 Å². The molecule has 180 valence electrons. The molecule has 0 saturated carbocycles. The second-order valence-electron chi connectivity index (χ2n) is 7.13. The largest absolute Gasteiger partial charge is 0.481 e. The molecule has 0 heterocycles. The van der Waals surface area contributed by atoms with E-state index in [2.05, 4.69) is 10.6 Å². The molecule has 0 aliphatic carbocycles. The molecule has 0 bridgehead atoms. The summed E-state index contributed by atoms with van der Waals surface area (Å²) in [6.07, 6.45) is -6.95. The third-order valence-corrected chi connectivity index (χ3v) is 5.04. The minimum Gasteiger partial charge on any atom is -0.481 e.